The smallest absolute Gasteiger partial charge is 0.321 e. The third-order valence-corrected chi connectivity index (χ3v) is 3.01. The van der Waals surface area contributed by atoms with Crippen LogP contribution in [-0.2, 0) is 5.41 Å². The first-order valence-electron chi connectivity index (χ1n) is 6.51. The van der Waals surface area contributed by atoms with E-state index in [1.165, 1.54) is 0 Å². The lowest BCUT2D eigenvalue weighted by Gasteiger charge is -2.19. The minimum Gasteiger partial charge on any atom is -0.321 e. The Kier molecular flexibility index (Phi) is 3.80. The van der Waals surface area contributed by atoms with Gasteiger partial charge < -0.3 is 10.3 Å². The Morgan fingerprint density at radius 2 is 1.67 bits per heavy atom. The van der Waals surface area contributed by atoms with E-state index in [9.17, 15) is 14.4 Å². The number of rotatable bonds is 2. The van der Waals surface area contributed by atoms with E-state index in [4.69, 9.17) is 0 Å². The van der Waals surface area contributed by atoms with E-state index in [2.05, 4.69) is 31.1 Å². The number of nitrogens with one attached hydrogen (secondary N) is 3. The number of H-pyrrole nitrogens is 2. The van der Waals surface area contributed by atoms with Crippen LogP contribution in [0.1, 0.15) is 36.8 Å². The Labute approximate surface area is 121 Å². The molecule has 0 atom stereocenters. The highest BCUT2D eigenvalue weighted by molar-refractivity contribution is 6.02. The summed E-state index contributed by atoms with van der Waals surface area (Å²) in [7, 11) is 0. The van der Waals surface area contributed by atoms with E-state index >= 15 is 0 Å². The lowest BCUT2D eigenvalue weighted by molar-refractivity contribution is 0.102. The van der Waals surface area contributed by atoms with Crippen LogP contribution in [-0.4, -0.2) is 15.9 Å². The van der Waals surface area contributed by atoms with E-state index in [-0.39, 0.29) is 11.1 Å². The number of carbonyl (C=O) groups excluding carboxylic acids is 1. The molecule has 1 aromatic carbocycles. The van der Waals surface area contributed by atoms with Gasteiger partial charge in [-0.25, -0.2) is 4.79 Å². The molecule has 1 amide bonds. The molecule has 0 bridgehead atoms. The van der Waals surface area contributed by atoms with Crippen molar-refractivity contribution >= 4 is 11.6 Å². The molecule has 110 valence electrons. The summed E-state index contributed by atoms with van der Waals surface area (Å²) in [4.78, 5) is 38.6. The number of amides is 1. The summed E-state index contributed by atoms with van der Waals surface area (Å²) >= 11 is 0. The predicted octanol–water partition coefficient (Wildman–Crippen LogP) is 1.61. The van der Waals surface area contributed by atoms with E-state index in [1.54, 1.807) is 12.1 Å². The van der Waals surface area contributed by atoms with E-state index in [1.807, 2.05) is 17.1 Å². The van der Waals surface area contributed by atoms with Gasteiger partial charge in [-0.2, -0.15) is 0 Å². The third kappa shape index (κ3) is 3.68. The van der Waals surface area contributed by atoms with Crippen molar-refractivity contribution in [3.8, 4) is 0 Å². The molecule has 1 heterocycles. The largest absolute Gasteiger partial charge is 0.326 e. The van der Waals surface area contributed by atoms with Crippen LogP contribution >= 0.6 is 0 Å². The molecule has 0 spiro atoms. The number of benzene rings is 1. The number of hydrogen-bond acceptors (Lipinski definition) is 3. The Hall–Kier alpha value is -2.63. The molecule has 3 N–H and O–H groups in total. The molecule has 0 fully saturated rings. The van der Waals surface area contributed by atoms with Crippen LogP contribution < -0.4 is 16.6 Å². The zero-order chi connectivity index (χ0) is 15.6. The summed E-state index contributed by atoms with van der Waals surface area (Å²) in [6.45, 7) is 6.30. The number of aromatic nitrogens is 2. The summed E-state index contributed by atoms with van der Waals surface area (Å²) in [5, 5.41) is 2.63. The standard InChI is InChI=1S/C15H17N3O3/c1-15(2,3)9-4-6-10(7-5-9)16-13(20)11-8-12(19)18-14(21)17-11/h4-8H,1-3H3,(H,16,20)(H2,17,18,19,21). The molecule has 6 nitrogen and oxygen atoms in total. The second-order valence-corrected chi connectivity index (χ2v) is 5.78. The molecule has 6 heteroatoms. The first-order valence-corrected chi connectivity index (χ1v) is 6.51. The topological polar surface area (TPSA) is 94.8 Å². The first kappa shape index (κ1) is 14.8. The maximum Gasteiger partial charge on any atom is 0.326 e. The zero-order valence-electron chi connectivity index (χ0n) is 12.1. The van der Waals surface area contributed by atoms with Gasteiger partial charge >= 0.3 is 5.69 Å². The molecular formula is C15H17N3O3. The SMILES string of the molecule is CC(C)(C)c1ccc(NC(=O)c2cc(=O)[nH]c(=O)[nH]2)cc1. The predicted molar refractivity (Wildman–Crippen MR) is 80.8 cm³/mol. The molecule has 0 aliphatic carbocycles. The summed E-state index contributed by atoms with van der Waals surface area (Å²) in [5.74, 6) is -0.540. The molecule has 2 aromatic rings. The Morgan fingerprint density at radius 1 is 1.05 bits per heavy atom. The molecule has 0 aliphatic heterocycles. The average molecular weight is 287 g/mol. The van der Waals surface area contributed by atoms with Gasteiger partial charge in [-0.1, -0.05) is 32.9 Å². The normalized spacial score (nSPS) is 11.2. The lowest BCUT2D eigenvalue weighted by Crippen LogP contribution is -2.27. The number of aromatic amines is 2. The highest BCUT2D eigenvalue weighted by Gasteiger charge is 2.13. The Bertz CT molecular complexity index is 736. The molecule has 0 saturated carbocycles. The highest BCUT2D eigenvalue weighted by atomic mass is 16.2. The van der Waals surface area contributed by atoms with Crippen LogP contribution in [0.5, 0.6) is 0 Å². The van der Waals surface area contributed by atoms with E-state index in [0.717, 1.165) is 11.6 Å². The third-order valence-electron chi connectivity index (χ3n) is 3.01. The van der Waals surface area contributed by atoms with Crippen molar-refractivity contribution in [2.75, 3.05) is 5.32 Å². The maximum absolute atomic E-state index is 12.0. The van der Waals surface area contributed by atoms with E-state index in [0.29, 0.717) is 5.69 Å². The number of carbonyl (C=O) groups is 1. The van der Waals surface area contributed by atoms with Gasteiger partial charge in [0.05, 0.1) is 0 Å². The monoisotopic (exact) mass is 287 g/mol. The fourth-order valence-electron chi connectivity index (χ4n) is 1.84. The van der Waals surface area contributed by atoms with Crippen LogP contribution in [0.15, 0.2) is 39.9 Å². The van der Waals surface area contributed by atoms with E-state index < -0.39 is 17.2 Å². The summed E-state index contributed by atoms with van der Waals surface area (Å²) in [5.41, 5.74) is 0.353. The van der Waals surface area contributed by atoms with Crippen molar-refractivity contribution in [2.45, 2.75) is 26.2 Å². The quantitative estimate of drug-likeness (QED) is 0.783. The van der Waals surface area contributed by atoms with Gasteiger partial charge in [0, 0.05) is 11.8 Å². The summed E-state index contributed by atoms with van der Waals surface area (Å²) in [6.07, 6.45) is 0. The van der Waals surface area contributed by atoms with Gasteiger partial charge in [0.1, 0.15) is 5.69 Å². The molecule has 1 aromatic heterocycles. The molecular weight excluding hydrogens is 270 g/mol. The fraction of sp³-hybridized carbons (Fsp3) is 0.267. The first-order chi connectivity index (χ1) is 9.75. The van der Waals surface area contributed by atoms with Crippen molar-refractivity contribution in [1.29, 1.82) is 0 Å². The van der Waals surface area contributed by atoms with Gasteiger partial charge in [-0.15, -0.1) is 0 Å². The summed E-state index contributed by atoms with van der Waals surface area (Å²) < 4.78 is 0. The lowest BCUT2D eigenvalue weighted by atomic mass is 9.87. The molecule has 0 aliphatic rings. The van der Waals surface area contributed by atoms with Crippen LogP contribution in [0.4, 0.5) is 5.69 Å². The fourth-order valence-corrected chi connectivity index (χ4v) is 1.84. The van der Waals surface area contributed by atoms with Crippen molar-refractivity contribution in [3.05, 3.63) is 62.4 Å². The second kappa shape index (κ2) is 5.40. The zero-order valence-corrected chi connectivity index (χ0v) is 12.1. The Morgan fingerprint density at radius 3 is 2.19 bits per heavy atom. The van der Waals surface area contributed by atoms with Crippen LogP contribution in [0, 0.1) is 0 Å². The molecule has 2 rings (SSSR count). The van der Waals surface area contributed by atoms with Gasteiger partial charge in [-0.3, -0.25) is 14.6 Å². The molecule has 0 radical (unpaired) electrons. The Balaban J connectivity index is 2.20. The van der Waals surface area contributed by atoms with Crippen LogP contribution in [0.3, 0.4) is 0 Å². The van der Waals surface area contributed by atoms with Gasteiger partial charge in [0.2, 0.25) is 0 Å². The molecule has 21 heavy (non-hydrogen) atoms. The van der Waals surface area contributed by atoms with Gasteiger partial charge in [0.15, 0.2) is 0 Å². The minimum absolute atomic E-state index is 0.0283. The van der Waals surface area contributed by atoms with Crippen molar-refractivity contribution in [3.63, 3.8) is 0 Å². The average Bonchev–Trinajstić information content (AvgIpc) is 2.37. The second-order valence-electron chi connectivity index (χ2n) is 5.78. The van der Waals surface area contributed by atoms with Crippen molar-refractivity contribution < 1.29 is 4.79 Å². The summed E-state index contributed by atoms with van der Waals surface area (Å²) in [6, 6.07) is 8.46. The minimum atomic E-state index is -0.712. The highest BCUT2D eigenvalue weighted by Crippen LogP contribution is 2.23. The van der Waals surface area contributed by atoms with Crippen molar-refractivity contribution in [2.24, 2.45) is 0 Å². The van der Waals surface area contributed by atoms with Crippen LogP contribution in [0.2, 0.25) is 0 Å². The van der Waals surface area contributed by atoms with Crippen LogP contribution in [0.25, 0.3) is 0 Å². The number of anilines is 1. The van der Waals surface area contributed by atoms with Gasteiger partial charge in [0.25, 0.3) is 11.5 Å². The van der Waals surface area contributed by atoms with Gasteiger partial charge in [-0.05, 0) is 23.1 Å². The maximum atomic E-state index is 12.0. The molecule has 0 unspecified atom stereocenters. The molecule has 0 saturated heterocycles. The number of hydrogen-bond donors (Lipinski definition) is 3. The van der Waals surface area contributed by atoms with Crippen molar-refractivity contribution in [1.82, 2.24) is 9.97 Å².